The first-order valence-corrected chi connectivity index (χ1v) is 10.4. The molecule has 0 aliphatic carbocycles. The Balaban J connectivity index is 1.28. The van der Waals surface area contributed by atoms with Crippen LogP contribution in [0.3, 0.4) is 0 Å². The van der Waals surface area contributed by atoms with E-state index < -0.39 is 11.6 Å². The predicted octanol–water partition coefficient (Wildman–Crippen LogP) is 3.80. The number of aromatic nitrogens is 1. The van der Waals surface area contributed by atoms with Crippen molar-refractivity contribution in [2.75, 3.05) is 26.2 Å². The summed E-state index contributed by atoms with van der Waals surface area (Å²) < 4.78 is 27.2. The fraction of sp³-hybridized carbons (Fsp3) is 0.500. The second-order valence-electron chi connectivity index (χ2n) is 7.50. The van der Waals surface area contributed by atoms with Crippen molar-refractivity contribution < 1.29 is 13.6 Å². The standard InChI is InChI=1S/C20H23F2N3OS/c21-17-3-1-2-16(19(17)22)10-24-7-4-14(5-8-24)15-6-9-25(11-15)20(26)18-12-27-13-23-18/h1-3,12-15H,4-11H2/t15-/m1/s1. The van der Waals surface area contributed by atoms with Gasteiger partial charge < -0.3 is 4.90 Å². The van der Waals surface area contributed by atoms with Gasteiger partial charge in [0.2, 0.25) is 0 Å². The van der Waals surface area contributed by atoms with Crippen molar-refractivity contribution in [1.29, 1.82) is 0 Å². The molecule has 0 N–H and O–H groups in total. The van der Waals surface area contributed by atoms with Gasteiger partial charge in [-0.15, -0.1) is 11.3 Å². The minimum absolute atomic E-state index is 0.0396. The number of rotatable bonds is 4. The number of hydrogen-bond donors (Lipinski definition) is 0. The van der Waals surface area contributed by atoms with Crippen LogP contribution in [-0.4, -0.2) is 46.9 Å². The number of piperidine rings is 1. The molecule has 0 bridgehead atoms. The zero-order valence-corrected chi connectivity index (χ0v) is 15.9. The number of nitrogens with zero attached hydrogens (tertiary/aromatic N) is 3. The van der Waals surface area contributed by atoms with E-state index in [0.29, 0.717) is 29.6 Å². The van der Waals surface area contributed by atoms with E-state index in [2.05, 4.69) is 9.88 Å². The molecular weight excluding hydrogens is 368 g/mol. The molecular formula is C20H23F2N3OS. The molecule has 0 saturated carbocycles. The van der Waals surface area contributed by atoms with Gasteiger partial charge in [-0.3, -0.25) is 9.69 Å². The Morgan fingerprint density at radius 1 is 1.15 bits per heavy atom. The lowest BCUT2D eigenvalue weighted by atomic mass is 9.83. The smallest absolute Gasteiger partial charge is 0.273 e. The number of benzene rings is 1. The molecule has 2 aromatic rings. The van der Waals surface area contributed by atoms with Gasteiger partial charge in [-0.25, -0.2) is 13.8 Å². The Morgan fingerprint density at radius 3 is 2.67 bits per heavy atom. The molecule has 2 aliphatic heterocycles. The molecule has 27 heavy (non-hydrogen) atoms. The van der Waals surface area contributed by atoms with Gasteiger partial charge in [-0.1, -0.05) is 12.1 Å². The summed E-state index contributed by atoms with van der Waals surface area (Å²) in [6, 6.07) is 4.38. The summed E-state index contributed by atoms with van der Waals surface area (Å²) in [5.74, 6) is -0.352. The highest BCUT2D eigenvalue weighted by molar-refractivity contribution is 7.07. The molecule has 2 aliphatic rings. The summed E-state index contributed by atoms with van der Waals surface area (Å²) in [6.07, 6.45) is 3.12. The highest BCUT2D eigenvalue weighted by Crippen LogP contribution is 2.33. The molecule has 0 radical (unpaired) electrons. The molecule has 1 aromatic carbocycles. The summed E-state index contributed by atoms with van der Waals surface area (Å²) in [5, 5.41) is 1.81. The average molecular weight is 391 g/mol. The quantitative estimate of drug-likeness (QED) is 0.796. The molecule has 1 atom stereocenters. The average Bonchev–Trinajstić information content (AvgIpc) is 3.38. The SMILES string of the molecule is O=C(c1cscn1)N1CC[C@@H](C2CCN(Cc3cccc(F)c3F)CC2)C1. The van der Waals surface area contributed by atoms with Crippen LogP contribution in [0.4, 0.5) is 8.78 Å². The molecule has 2 fully saturated rings. The number of likely N-dealkylation sites (tertiary alicyclic amines) is 2. The Morgan fingerprint density at radius 2 is 1.93 bits per heavy atom. The lowest BCUT2D eigenvalue weighted by Gasteiger charge is -2.34. The van der Waals surface area contributed by atoms with Gasteiger partial charge >= 0.3 is 0 Å². The number of amides is 1. The highest BCUT2D eigenvalue weighted by atomic mass is 32.1. The van der Waals surface area contributed by atoms with Crippen LogP contribution < -0.4 is 0 Å². The van der Waals surface area contributed by atoms with Crippen molar-refractivity contribution in [2.45, 2.75) is 25.8 Å². The van der Waals surface area contributed by atoms with E-state index in [4.69, 9.17) is 0 Å². The normalized spacial score (nSPS) is 21.7. The third-order valence-corrected chi connectivity index (χ3v) is 6.47. The zero-order chi connectivity index (χ0) is 18.8. The van der Waals surface area contributed by atoms with Crippen LogP contribution in [0.25, 0.3) is 0 Å². The Kier molecular flexibility index (Phi) is 5.50. The summed E-state index contributed by atoms with van der Waals surface area (Å²) >= 11 is 1.44. The van der Waals surface area contributed by atoms with E-state index in [9.17, 15) is 13.6 Å². The first-order valence-electron chi connectivity index (χ1n) is 9.44. The molecule has 4 rings (SSSR count). The summed E-state index contributed by atoms with van der Waals surface area (Å²) in [7, 11) is 0. The van der Waals surface area contributed by atoms with Gasteiger partial charge in [-0.2, -0.15) is 0 Å². The molecule has 1 amide bonds. The lowest BCUT2D eigenvalue weighted by molar-refractivity contribution is 0.0768. The van der Waals surface area contributed by atoms with Crippen LogP contribution in [0.1, 0.15) is 35.3 Å². The van der Waals surface area contributed by atoms with Crippen LogP contribution in [0, 0.1) is 23.5 Å². The van der Waals surface area contributed by atoms with Gasteiger partial charge in [0.15, 0.2) is 11.6 Å². The Bertz CT molecular complexity index is 791. The van der Waals surface area contributed by atoms with E-state index >= 15 is 0 Å². The predicted molar refractivity (Wildman–Crippen MR) is 100 cm³/mol. The number of thiazole rings is 1. The summed E-state index contributed by atoms with van der Waals surface area (Å²) in [4.78, 5) is 20.7. The topological polar surface area (TPSA) is 36.4 Å². The Labute approximate surface area is 161 Å². The van der Waals surface area contributed by atoms with Gasteiger partial charge in [0.1, 0.15) is 5.69 Å². The van der Waals surface area contributed by atoms with Crippen LogP contribution in [-0.2, 0) is 6.54 Å². The first-order chi connectivity index (χ1) is 13.1. The van der Waals surface area contributed by atoms with Crippen molar-refractivity contribution in [1.82, 2.24) is 14.8 Å². The van der Waals surface area contributed by atoms with Crippen LogP contribution in [0.2, 0.25) is 0 Å². The van der Waals surface area contributed by atoms with Crippen LogP contribution in [0.15, 0.2) is 29.1 Å². The van der Waals surface area contributed by atoms with Crippen molar-refractivity contribution >= 4 is 17.2 Å². The van der Waals surface area contributed by atoms with E-state index in [1.807, 2.05) is 4.90 Å². The molecule has 1 aromatic heterocycles. The second-order valence-corrected chi connectivity index (χ2v) is 8.22. The number of carbonyl (C=O) groups is 1. The van der Waals surface area contributed by atoms with Crippen molar-refractivity contribution in [3.05, 3.63) is 52.0 Å². The fourth-order valence-corrected chi connectivity index (χ4v) is 4.86. The molecule has 0 spiro atoms. The van der Waals surface area contributed by atoms with Crippen molar-refractivity contribution in [2.24, 2.45) is 11.8 Å². The van der Waals surface area contributed by atoms with E-state index in [-0.39, 0.29) is 5.91 Å². The third-order valence-electron chi connectivity index (χ3n) is 5.89. The maximum absolute atomic E-state index is 13.9. The van der Waals surface area contributed by atoms with E-state index in [0.717, 1.165) is 51.5 Å². The monoisotopic (exact) mass is 391 g/mol. The molecule has 144 valence electrons. The molecule has 3 heterocycles. The van der Waals surface area contributed by atoms with Crippen molar-refractivity contribution in [3.8, 4) is 0 Å². The van der Waals surface area contributed by atoms with Gasteiger partial charge in [0, 0.05) is 30.6 Å². The second kappa shape index (κ2) is 8.02. The molecule has 7 heteroatoms. The van der Waals surface area contributed by atoms with Gasteiger partial charge in [-0.05, 0) is 50.3 Å². The molecule has 4 nitrogen and oxygen atoms in total. The van der Waals surface area contributed by atoms with E-state index in [1.165, 1.54) is 11.3 Å². The van der Waals surface area contributed by atoms with Crippen LogP contribution in [0.5, 0.6) is 0 Å². The highest BCUT2D eigenvalue weighted by Gasteiger charge is 2.34. The van der Waals surface area contributed by atoms with Crippen molar-refractivity contribution in [3.63, 3.8) is 0 Å². The number of carbonyl (C=O) groups excluding carboxylic acids is 1. The maximum Gasteiger partial charge on any atom is 0.273 e. The largest absolute Gasteiger partial charge is 0.337 e. The minimum atomic E-state index is -0.779. The minimum Gasteiger partial charge on any atom is -0.337 e. The number of hydrogen-bond acceptors (Lipinski definition) is 4. The summed E-state index contributed by atoms with van der Waals surface area (Å²) in [6.45, 7) is 3.83. The van der Waals surface area contributed by atoms with Gasteiger partial charge in [0.05, 0.1) is 5.51 Å². The lowest BCUT2D eigenvalue weighted by Crippen LogP contribution is -2.37. The third kappa shape index (κ3) is 4.04. The first kappa shape index (κ1) is 18.5. The molecule has 0 unspecified atom stereocenters. The zero-order valence-electron chi connectivity index (χ0n) is 15.1. The number of halogens is 2. The Hall–Kier alpha value is -1.86. The maximum atomic E-state index is 13.9. The summed E-state index contributed by atoms with van der Waals surface area (Å²) in [5.41, 5.74) is 2.67. The van der Waals surface area contributed by atoms with E-state index in [1.54, 1.807) is 23.0 Å². The fourth-order valence-electron chi connectivity index (χ4n) is 4.33. The van der Waals surface area contributed by atoms with Gasteiger partial charge in [0.25, 0.3) is 5.91 Å². The molecule has 2 saturated heterocycles. The van der Waals surface area contributed by atoms with Crippen LogP contribution >= 0.6 is 11.3 Å².